The van der Waals surface area contributed by atoms with Crippen molar-refractivity contribution >= 4 is 17.5 Å². The number of allylic oxidation sites excluding steroid dienone is 2. The number of rotatable bonds is 3. The Hall–Kier alpha value is -2.36. The third-order valence-electron chi connectivity index (χ3n) is 2.12. The highest BCUT2D eigenvalue weighted by Crippen LogP contribution is 2.17. The standard InChI is InChI=1S/C12H16N4/c1-2-9(13)10(14)5-3-8-4-6-11(15)12(16)7-8/h2-7H,1,13-16H2/b5-3+,10-9-. The Morgan fingerprint density at radius 1 is 1.06 bits per heavy atom. The molecule has 16 heavy (non-hydrogen) atoms. The van der Waals surface area contributed by atoms with Crippen molar-refractivity contribution in [3.8, 4) is 0 Å². The first-order chi connectivity index (χ1) is 7.54. The van der Waals surface area contributed by atoms with Gasteiger partial charge in [-0.2, -0.15) is 0 Å². The first-order valence-corrected chi connectivity index (χ1v) is 4.75. The van der Waals surface area contributed by atoms with Gasteiger partial charge in [-0.1, -0.05) is 18.7 Å². The Balaban J connectivity index is 2.93. The molecular formula is C12H16N4. The smallest absolute Gasteiger partial charge is 0.0553 e. The molecule has 0 aromatic heterocycles. The molecule has 4 nitrogen and oxygen atoms in total. The maximum atomic E-state index is 5.68. The molecule has 0 aliphatic rings. The highest BCUT2D eigenvalue weighted by atomic mass is 14.7. The van der Waals surface area contributed by atoms with Crippen LogP contribution in [0.5, 0.6) is 0 Å². The van der Waals surface area contributed by atoms with E-state index in [0.717, 1.165) is 5.56 Å². The molecule has 1 aromatic rings. The van der Waals surface area contributed by atoms with Gasteiger partial charge in [-0.3, -0.25) is 0 Å². The van der Waals surface area contributed by atoms with Crippen LogP contribution in [0.2, 0.25) is 0 Å². The molecule has 0 bridgehead atoms. The average molecular weight is 216 g/mol. The Bertz CT molecular complexity index is 458. The molecule has 8 N–H and O–H groups in total. The van der Waals surface area contributed by atoms with Gasteiger partial charge in [-0.25, -0.2) is 0 Å². The average Bonchev–Trinajstić information content (AvgIpc) is 2.29. The molecule has 1 aromatic carbocycles. The minimum atomic E-state index is 0.444. The maximum absolute atomic E-state index is 5.68. The van der Waals surface area contributed by atoms with E-state index in [1.165, 1.54) is 6.08 Å². The molecule has 0 heterocycles. The zero-order chi connectivity index (χ0) is 12.1. The molecule has 0 atom stereocenters. The minimum Gasteiger partial charge on any atom is -0.397 e. The number of nitrogens with two attached hydrogens (primary N) is 4. The lowest BCUT2D eigenvalue weighted by atomic mass is 10.1. The number of hydrogen-bond acceptors (Lipinski definition) is 4. The van der Waals surface area contributed by atoms with E-state index in [1.807, 2.05) is 12.1 Å². The maximum Gasteiger partial charge on any atom is 0.0553 e. The van der Waals surface area contributed by atoms with Crippen molar-refractivity contribution in [1.82, 2.24) is 0 Å². The van der Waals surface area contributed by atoms with Gasteiger partial charge in [-0.15, -0.1) is 0 Å². The van der Waals surface area contributed by atoms with Gasteiger partial charge in [0.05, 0.1) is 22.8 Å². The molecule has 0 aliphatic carbocycles. The number of anilines is 2. The van der Waals surface area contributed by atoms with Gasteiger partial charge in [0.1, 0.15) is 0 Å². The van der Waals surface area contributed by atoms with Crippen LogP contribution >= 0.6 is 0 Å². The van der Waals surface area contributed by atoms with Crippen molar-refractivity contribution in [1.29, 1.82) is 0 Å². The molecule has 84 valence electrons. The molecule has 0 saturated heterocycles. The highest BCUT2D eigenvalue weighted by Gasteiger charge is 1.95. The van der Waals surface area contributed by atoms with E-state index < -0.39 is 0 Å². The summed E-state index contributed by atoms with van der Waals surface area (Å²) < 4.78 is 0. The third-order valence-corrected chi connectivity index (χ3v) is 2.12. The fraction of sp³-hybridized carbons (Fsp3) is 0. The largest absolute Gasteiger partial charge is 0.397 e. The first-order valence-electron chi connectivity index (χ1n) is 4.75. The Morgan fingerprint density at radius 2 is 1.75 bits per heavy atom. The van der Waals surface area contributed by atoms with E-state index in [1.54, 1.807) is 18.2 Å². The summed E-state index contributed by atoms with van der Waals surface area (Å²) in [5.41, 5.74) is 25.4. The molecule has 1 rings (SSSR count). The zero-order valence-corrected chi connectivity index (χ0v) is 8.98. The minimum absolute atomic E-state index is 0.444. The summed E-state index contributed by atoms with van der Waals surface area (Å²) in [6, 6.07) is 5.36. The lowest BCUT2D eigenvalue weighted by molar-refractivity contribution is 1.29. The van der Waals surface area contributed by atoms with Crippen molar-refractivity contribution in [3.05, 3.63) is 53.9 Å². The number of benzene rings is 1. The SMILES string of the molecule is C=C/C(N)=C(N)\C=C\c1ccc(N)c(N)c1. The topological polar surface area (TPSA) is 104 Å². The van der Waals surface area contributed by atoms with E-state index in [-0.39, 0.29) is 0 Å². The molecule has 0 fully saturated rings. The van der Waals surface area contributed by atoms with E-state index in [4.69, 9.17) is 22.9 Å². The van der Waals surface area contributed by atoms with Crippen LogP contribution < -0.4 is 22.9 Å². The summed E-state index contributed by atoms with van der Waals surface area (Å²) in [6.45, 7) is 3.53. The van der Waals surface area contributed by atoms with Crippen LogP contribution in [0.1, 0.15) is 5.56 Å². The van der Waals surface area contributed by atoms with E-state index >= 15 is 0 Å². The van der Waals surface area contributed by atoms with Crippen LogP contribution in [0.4, 0.5) is 11.4 Å². The highest BCUT2D eigenvalue weighted by molar-refractivity contribution is 5.68. The van der Waals surface area contributed by atoms with Crippen LogP contribution in [0.3, 0.4) is 0 Å². The van der Waals surface area contributed by atoms with Gasteiger partial charge in [0.15, 0.2) is 0 Å². The molecule has 0 spiro atoms. The summed E-state index contributed by atoms with van der Waals surface area (Å²) >= 11 is 0. The van der Waals surface area contributed by atoms with Crippen LogP contribution in [0.15, 0.2) is 48.3 Å². The summed E-state index contributed by atoms with van der Waals surface area (Å²) in [6.07, 6.45) is 5.00. The Morgan fingerprint density at radius 3 is 2.31 bits per heavy atom. The van der Waals surface area contributed by atoms with Crippen molar-refractivity contribution in [2.75, 3.05) is 11.5 Å². The van der Waals surface area contributed by atoms with Crippen LogP contribution in [-0.2, 0) is 0 Å². The molecule has 0 unspecified atom stereocenters. The van der Waals surface area contributed by atoms with Crippen LogP contribution in [0, 0.1) is 0 Å². The van der Waals surface area contributed by atoms with Gasteiger partial charge >= 0.3 is 0 Å². The van der Waals surface area contributed by atoms with Crippen molar-refractivity contribution in [2.45, 2.75) is 0 Å². The second kappa shape index (κ2) is 4.93. The quantitative estimate of drug-likeness (QED) is 0.450. The normalized spacial score (nSPS) is 12.5. The summed E-state index contributed by atoms with van der Waals surface area (Å²) in [5.74, 6) is 0. The van der Waals surface area contributed by atoms with Gasteiger partial charge < -0.3 is 22.9 Å². The van der Waals surface area contributed by atoms with Gasteiger partial charge in [0, 0.05) is 0 Å². The van der Waals surface area contributed by atoms with E-state index in [2.05, 4.69) is 6.58 Å². The van der Waals surface area contributed by atoms with Crippen LogP contribution in [-0.4, -0.2) is 0 Å². The molecule has 0 amide bonds. The second-order valence-corrected chi connectivity index (χ2v) is 3.34. The van der Waals surface area contributed by atoms with Crippen molar-refractivity contribution in [2.24, 2.45) is 11.5 Å². The summed E-state index contributed by atoms with van der Waals surface area (Å²) in [7, 11) is 0. The monoisotopic (exact) mass is 216 g/mol. The first kappa shape index (κ1) is 11.7. The third kappa shape index (κ3) is 2.81. The van der Waals surface area contributed by atoms with Gasteiger partial charge in [0.25, 0.3) is 0 Å². The van der Waals surface area contributed by atoms with Gasteiger partial charge in [-0.05, 0) is 29.8 Å². The summed E-state index contributed by atoms with van der Waals surface area (Å²) in [4.78, 5) is 0. The fourth-order valence-corrected chi connectivity index (χ4v) is 1.10. The van der Waals surface area contributed by atoms with Crippen molar-refractivity contribution < 1.29 is 0 Å². The second-order valence-electron chi connectivity index (χ2n) is 3.34. The van der Waals surface area contributed by atoms with E-state index in [9.17, 15) is 0 Å². The fourth-order valence-electron chi connectivity index (χ4n) is 1.10. The lowest BCUT2D eigenvalue weighted by Crippen LogP contribution is -2.05. The van der Waals surface area contributed by atoms with Gasteiger partial charge in [0.2, 0.25) is 0 Å². The van der Waals surface area contributed by atoms with E-state index in [0.29, 0.717) is 22.8 Å². The lowest BCUT2D eigenvalue weighted by Gasteiger charge is -2.01. The predicted molar refractivity (Wildman–Crippen MR) is 69.9 cm³/mol. The molecule has 0 radical (unpaired) electrons. The molecule has 0 aliphatic heterocycles. The molecular weight excluding hydrogens is 200 g/mol. The molecule has 0 saturated carbocycles. The zero-order valence-electron chi connectivity index (χ0n) is 8.98. The Labute approximate surface area is 94.9 Å². The Kier molecular flexibility index (Phi) is 3.61. The summed E-state index contributed by atoms with van der Waals surface area (Å²) in [5, 5.41) is 0. The van der Waals surface area contributed by atoms with Crippen molar-refractivity contribution in [3.63, 3.8) is 0 Å². The number of nitrogen functional groups attached to an aromatic ring is 2. The molecule has 4 heteroatoms. The van der Waals surface area contributed by atoms with Crippen LogP contribution in [0.25, 0.3) is 6.08 Å². The number of hydrogen-bond donors (Lipinski definition) is 4. The predicted octanol–water partition coefficient (Wildman–Crippen LogP) is 1.18.